The van der Waals surface area contributed by atoms with Gasteiger partial charge in [-0.3, -0.25) is 9.80 Å². The highest BCUT2D eigenvalue weighted by atomic mass is 15.4. The lowest BCUT2D eigenvalue weighted by atomic mass is 9.92. The zero-order valence-corrected chi connectivity index (χ0v) is 11.0. The van der Waals surface area contributed by atoms with Gasteiger partial charge in [-0.15, -0.1) is 0 Å². The predicted molar refractivity (Wildman–Crippen MR) is 65.1 cm³/mol. The van der Waals surface area contributed by atoms with E-state index in [1.807, 2.05) is 0 Å². The highest BCUT2D eigenvalue weighted by Crippen LogP contribution is 2.37. The Balaban J connectivity index is 1.83. The first kappa shape index (κ1) is 11.4. The zero-order valence-electron chi connectivity index (χ0n) is 11.0. The molecule has 2 nitrogen and oxygen atoms in total. The molecular weight excluding hydrogens is 184 g/mol. The topological polar surface area (TPSA) is 6.25 Å². The largest absolute Gasteiger partial charge is 0.298 e. The average Bonchev–Trinajstić information content (AvgIpc) is 2.57. The van der Waals surface area contributed by atoms with Gasteiger partial charge < -0.3 is 0 Å². The molecule has 2 saturated heterocycles. The van der Waals surface area contributed by atoms with Gasteiger partial charge in [-0.1, -0.05) is 0 Å². The molecule has 0 aromatic rings. The third kappa shape index (κ3) is 2.36. The molecule has 2 fully saturated rings. The van der Waals surface area contributed by atoms with Crippen molar-refractivity contribution in [1.29, 1.82) is 0 Å². The van der Waals surface area contributed by atoms with Crippen molar-refractivity contribution in [3.8, 4) is 0 Å². The molecule has 2 atom stereocenters. The molecule has 0 aromatic carbocycles. The molecule has 2 unspecified atom stereocenters. The summed E-state index contributed by atoms with van der Waals surface area (Å²) in [7, 11) is 0. The second-order valence-electron chi connectivity index (χ2n) is 6.83. The fraction of sp³-hybridized carbons (Fsp3) is 1.00. The molecule has 88 valence electrons. The van der Waals surface area contributed by atoms with E-state index in [9.17, 15) is 0 Å². The summed E-state index contributed by atoms with van der Waals surface area (Å²) >= 11 is 0. The minimum atomic E-state index is 0.371. The highest BCUT2D eigenvalue weighted by molar-refractivity contribution is 5.02. The summed E-state index contributed by atoms with van der Waals surface area (Å²) in [6.07, 6.45) is 2.74. The summed E-state index contributed by atoms with van der Waals surface area (Å²) in [5, 5.41) is 0. The van der Waals surface area contributed by atoms with E-state index < -0.39 is 0 Å². The van der Waals surface area contributed by atoms with E-state index >= 15 is 0 Å². The van der Waals surface area contributed by atoms with Crippen LogP contribution in [0.1, 0.15) is 47.5 Å². The summed E-state index contributed by atoms with van der Waals surface area (Å²) in [6.45, 7) is 15.7. The van der Waals surface area contributed by atoms with Crippen LogP contribution in [0.25, 0.3) is 0 Å². The minimum Gasteiger partial charge on any atom is -0.298 e. The summed E-state index contributed by atoms with van der Waals surface area (Å²) < 4.78 is 0. The molecule has 2 aliphatic rings. The van der Waals surface area contributed by atoms with E-state index in [4.69, 9.17) is 0 Å². The van der Waals surface area contributed by atoms with Gasteiger partial charge in [0, 0.05) is 23.7 Å². The van der Waals surface area contributed by atoms with Gasteiger partial charge in [-0.2, -0.15) is 0 Å². The number of likely N-dealkylation sites (tertiary alicyclic amines) is 1. The van der Waals surface area contributed by atoms with Crippen LogP contribution in [0.5, 0.6) is 0 Å². The molecule has 0 saturated carbocycles. The van der Waals surface area contributed by atoms with Crippen LogP contribution in [0, 0.1) is 0 Å². The molecule has 2 heterocycles. The third-order valence-corrected chi connectivity index (χ3v) is 4.02. The monoisotopic (exact) mass is 210 g/mol. The first-order valence-electron chi connectivity index (χ1n) is 6.32. The Morgan fingerprint density at radius 3 is 2.00 bits per heavy atom. The summed E-state index contributed by atoms with van der Waals surface area (Å²) in [5.41, 5.74) is 0.790. The van der Waals surface area contributed by atoms with Crippen LogP contribution in [0.3, 0.4) is 0 Å². The smallest absolute Gasteiger partial charge is 0.0246 e. The van der Waals surface area contributed by atoms with Gasteiger partial charge in [0.1, 0.15) is 0 Å². The van der Waals surface area contributed by atoms with Crippen molar-refractivity contribution >= 4 is 0 Å². The SMILES string of the molecule is CC(C)(C)N1CC1CC(C)(C)N1CCC1. The summed E-state index contributed by atoms with van der Waals surface area (Å²) in [5.74, 6) is 0. The van der Waals surface area contributed by atoms with Crippen molar-refractivity contribution in [2.24, 2.45) is 0 Å². The van der Waals surface area contributed by atoms with Crippen LogP contribution in [0.2, 0.25) is 0 Å². The van der Waals surface area contributed by atoms with Crippen LogP contribution in [-0.2, 0) is 0 Å². The summed E-state index contributed by atoms with van der Waals surface area (Å²) in [6, 6.07) is 0.834. The second kappa shape index (κ2) is 3.46. The molecule has 0 radical (unpaired) electrons. The van der Waals surface area contributed by atoms with E-state index in [0.29, 0.717) is 11.1 Å². The van der Waals surface area contributed by atoms with E-state index in [-0.39, 0.29) is 0 Å². The number of hydrogen-bond acceptors (Lipinski definition) is 2. The number of hydrogen-bond donors (Lipinski definition) is 0. The average molecular weight is 210 g/mol. The molecule has 0 spiro atoms. The number of nitrogens with zero attached hydrogens (tertiary/aromatic N) is 2. The van der Waals surface area contributed by atoms with Crippen LogP contribution < -0.4 is 0 Å². The quantitative estimate of drug-likeness (QED) is 0.660. The highest BCUT2D eigenvalue weighted by Gasteiger charge is 2.45. The Hall–Kier alpha value is -0.0800. The Morgan fingerprint density at radius 2 is 1.67 bits per heavy atom. The molecule has 0 bridgehead atoms. The van der Waals surface area contributed by atoms with Crippen molar-refractivity contribution in [1.82, 2.24) is 9.80 Å². The standard InChI is InChI=1S/C13H26N2/c1-12(2,3)15-10-11(15)9-13(4,5)14-7-6-8-14/h11H,6-10H2,1-5H3. The van der Waals surface area contributed by atoms with Gasteiger partial charge in [0.2, 0.25) is 0 Å². The molecular formula is C13H26N2. The van der Waals surface area contributed by atoms with Gasteiger partial charge in [0.25, 0.3) is 0 Å². The van der Waals surface area contributed by atoms with Gasteiger partial charge in [0.05, 0.1) is 0 Å². The minimum absolute atomic E-state index is 0.371. The second-order valence-corrected chi connectivity index (χ2v) is 6.83. The summed E-state index contributed by atoms with van der Waals surface area (Å²) in [4.78, 5) is 5.25. The first-order chi connectivity index (χ1) is 6.81. The zero-order chi connectivity index (χ0) is 11.3. The normalized spacial score (nSPS) is 32.6. The maximum Gasteiger partial charge on any atom is 0.0246 e. The fourth-order valence-corrected chi connectivity index (χ4v) is 2.80. The maximum atomic E-state index is 2.63. The molecule has 2 rings (SSSR count). The van der Waals surface area contributed by atoms with Crippen LogP contribution in [0.15, 0.2) is 0 Å². The lowest BCUT2D eigenvalue weighted by Crippen LogP contribution is -2.52. The van der Waals surface area contributed by atoms with Gasteiger partial charge in [0.15, 0.2) is 0 Å². The molecule has 2 aliphatic heterocycles. The predicted octanol–water partition coefficient (Wildman–Crippen LogP) is 2.34. The lowest BCUT2D eigenvalue weighted by Gasteiger charge is -2.45. The fourth-order valence-electron chi connectivity index (χ4n) is 2.80. The van der Waals surface area contributed by atoms with Crippen LogP contribution in [0.4, 0.5) is 0 Å². The van der Waals surface area contributed by atoms with E-state index in [1.165, 1.54) is 32.5 Å². The Labute approximate surface area is 94.6 Å². The van der Waals surface area contributed by atoms with Crippen molar-refractivity contribution in [2.75, 3.05) is 19.6 Å². The van der Waals surface area contributed by atoms with Gasteiger partial charge in [-0.25, -0.2) is 0 Å². The van der Waals surface area contributed by atoms with Crippen molar-refractivity contribution in [3.05, 3.63) is 0 Å². The van der Waals surface area contributed by atoms with Crippen LogP contribution in [-0.4, -0.2) is 46.6 Å². The van der Waals surface area contributed by atoms with Crippen molar-refractivity contribution in [2.45, 2.75) is 64.6 Å². The molecule has 15 heavy (non-hydrogen) atoms. The molecule has 0 aliphatic carbocycles. The first-order valence-corrected chi connectivity index (χ1v) is 6.32. The van der Waals surface area contributed by atoms with Crippen molar-refractivity contribution in [3.63, 3.8) is 0 Å². The lowest BCUT2D eigenvalue weighted by molar-refractivity contribution is 0.0445. The maximum absolute atomic E-state index is 2.63. The number of rotatable bonds is 3. The Morgan fingerprint density at radius 1 is 1.07 bits per heavy atom. The Bertz CT molecular complexity index is 235. The van der Waals surface area contributed by atoms with E-state index in [1.54, 1.807) is 0 Å². The molecule has 0 amide bonds. The molecule has 0 aromatic heterocycles. The molecule has 0 N–H and O–H groups in total. The molecule has 2 heteroatoms. The third-order valence-electron chi connectivity index (χ3n) is 4.02. The van der Waals surface area contributed by atoms with E-state index in [0.717, 1.165) is 6.04 Å². The Kier molecular flexibility index (Phi) is 2.63. The van der Waals surface area contributed by atoms with Crippen molar-refractivity contribution < 1.29 is 0 Å². The van der Waals surface area contributed by atoms with Gasteiger partial charge in [-0.05, 0) is 60.5 Å². The van der Waals surface area contributed by atoms with E-state index in [2.05, 4.69) is 44.4 Å². The van der Waals surface area contributed by atoms with Gasteiger partial charge >= 0.3 is 0 Å². The van der Waals surface area contributed by atoms with Crippen LogP contribution >= 0.6 is 0 Å².